The van der Waals surface area contributed by atoms with Crippen LogP contribution >= 0.6 is 0 Å². The minimum Gasteiger partial charge on any atom is -0.103 e. The fourth-order valence-electron chi connectivity index (χ4n) is 2.05. The molecule has 0 fully saturated rings. The van der Waals surface area contributed by atoms with Gasteiger partial charge in [0.1, 0.15) is 0 Å². The van der Waals surface area contributed by atoms with Crippen molar-refractivity contribution in [1.82, 2.24) is 0 Å². The Morgan fingerprint density at radius 1 is 0.850 bits per heavy atom. The predicted molar refractivity (Wildman–Crippen MR) is 94.0 cm³/mol. The molecule has 0 aliphatic carbocycles. The van der Waals surface area contributed by atoms with E-state index in [4.69, 9.17) is 0 Å². The Balaban J connectivity index is 3.88. The Hall–Kier alpha value is -1.04. The van der Waals surface area contributed by atoms with E-state index in [0.717, 1.165) is 0 Å². The number of allylic oxidation sites excluding steroid dienone is 7. The van der Waals surface area contributed by atoms with Crippen LogP contribution in [0.3, 0.4) is 0 Å². The molecular formula is C20H34. The topological polar surface area (TPSA) is 0 Å². The van der Waals surface area contributed by atoms with Gasteiger partial charge in [0.25, 0.3) is 0 Å². The molecule has 20 heavy (non-hydrogen) atoms. The van der Waals surface area contributed by atoms with E-state index in [-0.39, 0.29) is 0 Å². The van der Waals surface area contributed by atoms with Gasteiger partial charge in [0.15, 0.2) is 0 Å². The van der Waals surface area contributed by atoms with Crippen LogP contribution in [0.1, 0.15) is 73.1 Å². The van der Waals surface area contributed by atoms with Crippen LogP contribution in [-0.2, 0) is 0 Å². The van der Waals surface area contributed by atoms with Gasteiger partial charge in [-0.1, -0.05) is 47.9 Å². The summed E-state index contributed by atoms with van der Waals surface area (Å²) in [4.78, 5) is 0. The van der Waals surface area contributed by atoms with E-state index in [1.807, 2.05) is 6.08 Å². The van der Waals surface area contributed by atoms with Gasteiger partial charge in [-0.05, 0) is 72.1 Å². The fraction of sp³-hybridized carbons (Fsp3) is 0.600. The lowest BCUT2D eigenvalue weighted by molar-refractivity contribution is 0.656. The molecule has 0 aromatic carbocycles. The van der Waals surface area contributed by atoms with Crippen molar-refractivity contribution < 1.29 is 0 Å². The number of hydrogen-bond donors (Lipinski definition) is 0. The minimum atomic E-state index is 0.635. The molecule has 0 nitrogen and oxygen atoms in total. The lowest BCUT2D eigenvalue weighted by Gasteiger charge is -2.04. The second kappa shape index (κ2) is 11.8. The maximum absolute atomic E-state index is 3.83. The second-order valence-electron chi connectivity index (χ2n) is 6.25. The molecule has 0 aliphatic heterocycles. The zero-order valence-electron chi connectivity index (χ0n) is 14.3. The highest BCUT2D eigenvalue weighted by molar-refractivity contribution is 5.05. The van der Waals surface area contributed by atoms with Gasteiger partial charge >= 0.3 is 0 Å². The lowest BCUT2D eigenvalue weighted by Crippen LogP contribution is -1.87. The Kier molecular flexibility index (Phi) is 11.1. The highest BCUT2D eigenvalue weighted by Crippen LogP contribution is 2.13. The summed E-state index contributed by atoms with van der Waals surface area (Å²) < 4.78 is 0. The Labute approximate surface area is 127 Å². The summed E-state index contributed by atoms with van der Waals surface area (Å²) in [5, 5.41) is 0. The first-order chi connectivity index (χ1) is 9.45. The van der Waals surface area contributed by atoms with Crippen molar-refractivity contribution in [3.05, 3.63) is 47.6 Å². The number of rotatable bonds is 10. The van der Waals surface area contributed by atoms with Crippen LogP contribution in [0.5, 0.6) is 0 Å². The van der Waals surface area contributed by atoms with E-state index in [0.29, 0.717) is 5.92 Å². The standard InChI is InChI=1S/C20H34/c1-7-18(4)12-9-14-20(6)16-10-15-19(5)13-8-11-17(2)3/h7,11,14-15,18H,1,8-10,12-13,16H2,2-6H3/b19-15?,20-14+. The molecule has 0 rings (SSSR count). The molecule has 0 spiro atoms. The van der Waals surface area contributed by atoms with Gasteiger partial charge in [0.2, 0.25) is 0 Å². The fourth-order valence-corrected chi connectivity index (χ4v) is 2.05. The summed E-state index contributed by atoms with van der Waals surface area (Å²) >= 11 is 0. The summed E-state index contributed by atoms with van der Waals surface area (Å²) in [5.41, 5.74) is 4.47. The predicted octanol–water partition coefficient (Wildman–Crippen LogP) is 7.01. The molecule has 0 aromatic heterocycles. The van der Waals surface area contributed by atoms with E-state index < -0.39 is 0 Å². The molecule has 0 heteroatoms. The van der Waals surface area contributed by atoms with E-state index in [2.05, 4.69) is 59.4 Å². The molecular weight excluding hydrogens is 240 g/mol. The monoisotopic (exact) mass is 274 g/mol. The first kappa shape index (κ1) is 19.0. The summed E-state index contributed by atoms with van der Waals surface area (Å²) in [6.45, 7) is 14.9. The second-order valence-corrected chi connectivity index (χ2v) is 6.25. The van der Waals surface area contributed by atoms with Gasteiger partial charge in [-0.25, -0.2) is 0 Å². The third-order valence-corrected chi connectivity index (χ3v) is 3.64. The first-order valence-electron chi connectivity index (χ1n) is 8.03. The van der Waals surface area contributed by atoms with Gasteiger partial charge in [0.05, 0.1) is 0 Å². The van der Waals surface area contributed by atoms with Crippen LogP contribution in [0, 0.1) is 5.92 Å². The van der Waals surface area contributed by atoms with Gasteiger partial charge in [-0.15, -0.1) is 6.58 Å². The normalized spacial score (nSPS) is 14.1. The van der Waals surface area contributed by atoms with E-state index in [1.165, 1.54) is 55.2 Å². The highest BCUT2D eigenvalue weighted by Gasteiger charge is 1.95. The average molecular weight is 274 g/mol. The maximum Gasteiger partial charge on any atom is -0.0262 e. The van der Waals surface area contributed by atoms with E-state index in [9.17, 15) is 0 Å². The maximum atomic E-state index is 3.83. The minimum absolute atomic E-state index is 0.635. The summed E-state index contributed by atoms with van der Waals surface area (Å²) in [6.07, 6.45) is 16.3. The zero-order chi connectivity index (χ0) is 15.4. The SMILES string of the molecule is C=CC(C)CC/C=C(\C)CCC=C(C)CCC=C(C)C. The van der Waals surface area contributed by atoms with Crippen molar-refractivity contribution in [2.45, 2.75) is 73.1 Å². The smallest absolute Gasteiger partial charge is 0.0262 e. The van der Waals surface area contributed by atoms with Crippen molar-refractivity contribution in [2.24, 2.45) is 5.92 Å². The molecule has 114 valence electrons. The van der Waals surface area contributed by atoms with Gasteiger partial charge in [-0.3, -0.25) is 0 Å². The molecule has 0 heterocycles. The summed E-state index contributed by atoms with van der Waals surface area (Å²) in [7, 11) is 0. The molecule has 0 saturated carbocycles. The Morgan fingerprint density at radius 3 is 1.85 bits per heavy atom. The van der Waals surface area contributed by atoms with Gasteiger partial charge in [0, 0.05) is 0 Å². The van der Waals surface area contributed by atoms with Crippen LogP contribution < -0.4 is 0 Å². The van der Waals surface area contributed by atoms with E-state index in [1.54, 1.807) is 0 Å². The van der Waals surface area contributed by atoms with Crippen LogP contribution in [-0.4, -0.2) is 0 Å². The summed E-state index contributed by atoms with van der Waals surface area (Å²) in [6, 6.07) is 0. The van der Waals surface area contributed by atoms with Crippen molar-refractivity contribution in [3.8, 4) is 0 Å². The van der Waals surface area contributed by atoms with Gasteiger partial charge < -0.3 is 0 Å². The first-order valence-corrected chi connectivity index (χ1v) is 8.03. The molecule has 0 saturated heterocycles. The zero-order valence-corrected chi connectivity index (χ0v) is 14.3. The van der Waals surface area contributed by atoms with E-state index >= 15 is 0 Å². The van der Waals surface area contributed by atoms with Crippen LogP contribution in [0.25, 0.3) is 0 Å². The molecule has 1 unspecified atom stereocenters. The Bertz CT molecular complexity index is 348. The molecule has 0 bridgehead atoms. The molecule has 1 atom stereocenters. The third kappa shape index (κ3) is 12.0. The average Bonchev–Trinajstić information content (AvgIpc) is 2.38. The highest BCUT2D eigenvalue weighted by atomic mass is 14.0. The van der Waals surface area contributed by atoms with Crippen molar-refractivity contribution in [2.75, 3.05) is 0 Å². The molecule has 0 amide bonds. The molecule has 0 radical (unpaired) electrons. The summed E-state index contributed by atoms with van der Waals surface area (Å²) in [5.74, 6) is 0.635. The quantitative estimate of drug-likeness (QED) is 0.376. The number of hydrogen-bond acceptors (Lipinski definition) is 0. The van der Waals surface area contributed by atoms with Crippen LogP contribution in [0.4, 0.5) is 0 Å². The van der Waals surface area contributed by atoms with Crippen molar-refractivity contribution in [3.63, 3.8) is 0 Å². The largest absolute Gasteiger partial charge is 0.103 e. The molecule has 0 aliphatic rings. The van der Waals surface area contributed by atoms with Crippen molar-refractivity contribution >= 4 is 0 Å². The molecule has 0 aromatic rings. The third-order valence-electron chi connectivity index (χ3n) is 3.64. The lowest BCUT2D eigenvalue weighted by atomic mass is 10.0. The van der Waals surface area contributed by atoms with Crippen molar-refractivity contribution in [1.29, 1.82) is 0 Å². The van der Waals surface area contributed by atoms with Gasteiger partial charge in [-0.2, -0.15) is 0 Å². The van der Waals surface area contributed by atoms with Crippen LogP contribution in [0.2, 0.25) is 0 Å². The molecule has 0 N–H and O–H groups in total. The Morgan fingerprint density at radius 2 is 1.35 bits per heavy atom. The van der Waals surface area contributed by atoms with Crippen LogP contribution in [0.15, 0.2) is 47.6 Å².